The molecule has 1 amide bonds. The summed E-state index contributed by atoms with van der Waals surface area (Å²) in [5, 5.41) is 24.1. The maximum atomic E-state index is 12.0. The van der Waals surface area contributed by atoms with Crippen LogP contribution in [-0.2, 0) is 0 Å². The monoisotopic (exact) mass is 434 g/mol. The second kappa shape index (κ2) is 19.1. The lowest BCUT2D eigenvalue weighted by molar-refractivity contribution is 0.0802. The minimum Gasteiger partial charge on any atom is -0.394 e. The van der Waals surface area contributed by atoms with Gasteiger partial charge in [0, 0.05) is 24.3 Å². The standard InChI is InChI=1S/C26H46N2O3/c1-2-3-4-5-6-7-8-9-10-11-12-13-14-15-20-27-24-18-16-23(17-19-24)26(31)28-21-25(30)22-29/h16-19,25,27,29-30H,2-15,20-22H2,1H3,(H,28,31). The van der Waals surface area contributed by atoms with Gasteiger partial charge < -0.3 is 20.8 Å². The van der Waals surface area contributed by atoms with E-state index in [0.717, 1.165) is 12.2 Å². The average Bonchev–Trinajstić information content (AvgIpc) is 2.80. The summed E-state index contributed by atoms with van der Waals surface area (Å²) in [6.07, 6.45) is 18.2. The highest BCUT2D eigenvalue weighted by Gasteiger charge is 2.08. The molecule has 1 aromatic rings. The molecule has 5 heteroatoms. The zero-order valence-electron chi connectivity index (χ0n) is 19.7. The Bertz CT molecular complexity index is 548. The summed E-state index contributed by atoms with van der Waals surface area (Å²) >= 11 is 0. The van der Waals surface area contributed by atoms with Crippen LogP contribution in [0.4, 0.5) is 5.69 Å². The molecule has 0 fully saturated rings. The molecule has 5 nitrogen and oxygen atoms in total. The van der Waals surface area contributed by atoms with Gasteiger partial charge in [-0.2, -0.15) is 0 Å². The number of hydrogen-bond donors (Lipinski definition) is 4. The van der Waals surface area contributed by atoms with E-state index in [1.54, 1.807) is 12.1 Å². The van der Waals surface area contributed by atoms with Gasteiger partial charge in [-0.3, -0.25) is 4.79 Å². The van der Waals surface area contributed by atoms with Gasteiger partial charge in [0.05, 0.1) is 12.7 Å². The number of carbonyl (C=O) groups is 1. The highest BCUT2D eigenvalue weighted by molar-refractivity contribution is 5.94. The van der Waals surface area contributed by atoms with Crippen molar-refractivity contribution in [2.45, 2.75) is 103 Å². The maximum absolute atomic E-state index is 12.0. The lowest BCUT2D eigenvalue weighted by atomic mass is 10.0. The number of nitrogens with one attached hydrogen (secondary N) is 2. The first-order valence-electron chi connectivity index (χ1n) is 12.6. The third kappa shape index (κ3) is 14.9. The molecule has 0 aromatic heterocycles. The van der Waals surface area contributed by atoms with E-state index in [2.05, 4.69) is 17.6 Å². The number of unbranched alkanes of at least 4 members (excludes halogenated alkanes) is 13. The number of carbonyl (C=O) groups excluding carboxylic acids is 1. The van der Waals surface area contributed by atoms with Gasteiger partial charge in [-0.15, -0.1) is 0 Å². The molecule has 1 unspecified atom stereocenters. The number of aliphatic hydroxyl groups excluding tert-OH is 2. The molecule has 1 aromatic carbocycles. The third-order valence-electron chi connectivity index (χ3n) is 5.72. The van der Waals surface area contributed by atoms with E-state index in [1.807, 2.05) is 12.1 Å². The van der Waals surface area contributed by atoms with Crippen molar-refractivity contribution in [1.82, 2.24) is 5.32 Å². The number of aliphatic hydroxyl groups is 2. The Kier molecular flexibility index (Phi) is 16.9. The van der Waals surface area contributed by atoms with Gasteiger partial charge in [-0.25, -0.2) is 0 Å². The molecule has 0 aliphatic rings. The quantitative estimate of drug-likeness (QED) is 0.200. The van der Waals surface area contributed by atoms with Crippen molar-refractivity contribution in [3.8, 4) is 0 Å². The van der Waals surface area contributed by atoms with E-state index >= 15 is 0 Å². The van der Waals surface area contributed by atoms with Gasteiger partial charge in [0.25, 0.3) is 5.91 Å². The molecule has 0 bridgehead atoms. The summed E-state index contributed by atoms with van der Waals surface area (Å²) in [5.74, 6) is -0.244. The van der Waals surface area contributed by atoms with Crippen molar-refractivity contribution in [1.29, 1.82) is 0 Å². The van der Waals surface area contributed by atoms with Crippen LogP contribution in [0.3, 0.4) is 0 Å². The number of hydrogen-bond acceptors (Lipinski definition) is 4. The summed E-state index contributed by atoms with van der Waals surface area (Å²) in [5.41, 5.74) is 1.56. The van der Waals surface area contributed by atoms with Gasteiger partial charge >= 0.3 is 0 Å². The van der Waals surface area contributed by atoms with Crippen LogP contribution < -0.4 is 10.6 Å². The van der Waals surface area contributed by atoms with Crippen molar-refractivity contribution in [2.24, 2.45) is 0 Å². The molecule has 0 saturated heterocycles. The van der Waals surface area contributed by atoms with Gasteiger partial charge in [0.15, 0.2) is 0 Å². The van der Waals surface area contributed by atoms with Crippen LogP contribution in [0.15, 0.2) is 24.3 Å². The molecule has 0 aliphatic heterocycles. The van der Waals surface area contributed by atoms with E-state index in [4.69, 9.17) is 5.11 Å². The average molecular weight is 435 g/mol. The predicted molar refractivity (Wildman–Crippen MR) is 131 cm³/mol. The Hall–Kier alpha value is -1.59. The summed E-state index contributed by atoms with van der Waals surface area (Å²) in [7, 11) is 0. The maximum Gasteiger partial charge on any atom is 0.251 e. The van der Waals surface area contributed by atoms with Gasteiger partial charge in [-0.05, 0) is 30.7 Å². The number of benzene rings is 1. The zero-order valence-corrected chi connectivity index (χ0v) is 19.7. The highest BCUT2D eigenvalue weighted by Crippen LogP contribution is 2.14. The summed E-state index contributed by atoms with van der Waals surface area (Å²) in [6.45, 7) is 2.92. The normalized spacial score (nSPS) is 12.0. The van der Waals surface area contributed by atoms with Crippen molar-refractivity contribution in [2.75, 3.05) is 25.0 Å². The van der Waals surface area contributed by atoms with Crippen LogP contribution in [0.25, 0.3) is 0 Å². The van der Waals surface area contributed by atoms with Crippen LogP contribution in [0.5, 0.6) is 0 Å². The number of amides is 1. The fourth-order valence-corrected chi connectivity index (χ4v) is 3.67. The second-order valence-electron chi connectivity index (χ2n) is 8.65. The zero-order chi connectivity index (χ0) is 22.6. The molecular weight excluding hydrogens is 388 g/mol. The van der Waals surface area contributed by atoms with Crippen LogP contribution in [0.2, 0.25) is 0 Å². The van der Waals surface area contributed by atoms with E-state index in [-0.39, 0.29) is 19.1 Å². The van der Waals surface area contributed by atoms with Crippen LogP contribution in [0.1, 0.15) is 107 Å². The largest absolute Gasteiger partial charge is 0.394 e. The van der Waals surface area contributed by atoms with Gasteiger partial charge in [0.1, 0.15) is 0 Å². The van der Waals surface area contributed by atoms with E-state index < -0.39 is 6.10 Å². The fraction of sp³-hybridized carbons (Fsp3) is 0.731. The SMILES string of the molecule is CCCCCCCCCCCCCCCCNc1ccc(C(=O)NCC(O)CO)cc1. The molecule has 0 radical (unpaired) electrons. The first-order valence-corrected chi connectivity index (χ1v) is 12.6. The molecule has 0 aliphatic carbocycles. The number of rotatable bonds is 20. The van der Waals surface area contributed by atoms with Gasteiger partial charge in [0.2, 0.25) is 0 Å². The molecule has 1 atom stereocenters. The second-order valence-corrected chi connectivity index (χ2v) is 8.65. The third-order valence-corrected chi connectivity index (χ3v) is 5.72. The van der Waals surface area contributed by atoms with Crippen molar-refractivity contribution < 1.29 is 15.0 Å². The molecule has 1 rings (SSSR count). The molecule has 0 saturated carbocycles. The highest BCUT2D eigenvalue weighted by atomic mass is 16.3. The Labute approximate surface area is 190 Å². The minimum atomic E-state index is -0.921. The Morgan fingerprint density at radius 2 is 1.29 bits per heavy atom. The molecule has 31 heavy (non-hydrogen) atoms. The van der Waals surface area contributed by atoms with Crippen molar-refractivity contribution >= 4 is 11.6 Å². The fourth-order valence-electron chi connectivity index (χ4n) is 3.67. The first-order chi connectivity index (χ1) is 15.2. The van der Waals surface area contributed by atoms with Gasteiger partial charge in [-0.1, -0.05) is 90.4 Å². The molecule has 0 spiro atoms. The molecule has 4 N–H and O–H groups in total. The van der Waals surface area contributed by atoms with E-state index in [1.165, 1.54) is 89.9 Å². The van der Waals surface area contributed by atoms with Crippen LogP contribution in [-0.4, -0.2) is 41.9 Å². The predicted octanol–water partition coefficient (Wildman–Crippen LogP) is 5.66. The minimum absolute atomic E-state index is 0.0501. The van der Waals surface area contributed by atoms with Crippen LogP contribution in [0, 0.1) is 0 Å². The topological polar surface area (TPSA) is 81.6 Å². The van der Waals surface area contributed by atoms with E-state index in [9.17, 15) is 9.90 Å². The molecular formula is C26H46N2O3. The summed E-state index contributed by atoms with van der Waals surface area (Å²) < 4.78 is 0. The molecule has 178 valence electrons. The first kappa shape index (κ1) is 27.4. The summed E-state index contributed by atoms with van der Waals surface area (Å²) in [6, 6.07) is 7.35. The Morgan fingerprint density at radius 1 is 0.806 bits per heavy atom. The smallest absolute Gasteiger partial charge is 0.251 e. The summed E-state index contributed by atoms with van der Waals surface area (Å²) in [4.78, 5) is 12.0. The Morgan fingerprint density at radius 3 is 1.77 bits per heavy atom. The van der Waals surface area contributed by atoms with Crippen molar-refractivity contribution in [3.63, 3.8) is 0 Å². The number of anilines is 1. The molecule has 0 heterocycles. The van der Waals surface area contributed by atoms with E-state index in [0.29, 0.717) is 5.56 Å². The van der Waals surface area contributed by atoms with Crippen LogP contribution >= 0.6 is 0 Å². The Balaban J connectivity index is 1.95. The lowest BCUT2D eigenvalue weighted by Gasteiger charge is -2.10. The lowest BCUT2D eigenvalue weighted by Crippen LogP contribution is -2.33. The van der Waals surface area contributed by atoms with Crippen molar-refractivity contribution in [3.05, 3.63) is 29.8 Å².